The van der Waals surface area contributed by atoms with Crippen LogP contribution in [0.4, 0.5) is 13.2 Å². The van der Waals surface area contributed by atoms with Crippen LogP contribution in [0.15, 0.2) is 18.2 Å². The summed E-state index contributed by atoms with van der Waals surface area (Å²) in [5.74, 6) is -1.02. The van der Waals surface area contributed by atoms with E-state index in [1.165, 1.54) is 0 Å². The van der Waals surface area contributed by atoms with Crippen molar-refractivity contribution in [2.45, 2.75) is 6.18 Å². The molecule has 0 unspecified atom stereocenters. The highest BCUT2D eigenvalue weighted by Gasteiger charge is 2.34. The minimum Gasteiger partial charge on any atom is -0.507 e. The Morgan fingerprint density at radius 3 is 2.07 bits per heavy atom. The summed E-state index contributed by atoms with van der Waals surface area (Å²) in [5.41, 5.74) is -1.41. The van der Waals surface area contributed by atoms with E-state index in [1.54, 1.807) is 0 Å². The zero-order valence-electron chi connectivity index (χ0n) is 6.78. The molecule has 1 rings (SSSR count). The van der Waals surface area contributed by atoms with E-state index in [2.05, 4.69) is 0 Å². The molecular weight excluding hydrogens is 200 g/mol. The van der Waals surface area contributed by atoms with Gasteiger partial charge < -0.3 is 15.2 Å². The highest BCUT2D eigenvalue weighted by molar-refractivity contribution is 6.58. The SMILES string of the molecule is OB(O)c1ccc(C(F)(F)F)c(O)c1. The molecule has 7 heteroatoms. The molecule has 0 aliphatic heterocycles. The lowest BCUT2D eigenvalue weighted by molar-refractivity contribution is -0.138. The van der Waals surface area contributed by atoms with Crippen molar-refractivity contribution in [1.29, 1.82) is 0 Å². The largest absolute Gasteiger partial charge is 0.507 e. The van der Waals surface area contributed by atoms with Crippen LogP contribution < -0.4 is 5.46 Å². The summed E-state index contributed by atoms with van der Waals surface area (Å²) in [6, 6.07) is 2.13. The van der Waals surface area contributed by atoms with Gasteiger partial charge in [-0.1, -0.05) is 6.07 Å². The van der Waals surface area contributed by atoms with Gasteiger partial charge in [0.2, 0.25) is 0 Å². The summed E-state index contributed by atoms with van der Waals surface area (Å²) in [4.78, 5) is 0. The number of hydrogen-bond donors (Lipinski definition) is 3. The van der Waals surface area contributed by atoms with Gasteiger partial charge in [0.15, 0.2) is 0 Å². The van der Waals surface area contributed by atoms with E-state index in [0.717, 1.165) is 6.07 Å². The zero-order chi connectivity index (χ0) is 10.9. The van der Waals surface area contributed by atoms with Gasteiger partial charge in [-0.05, 0) is 17.6 Å². The highest BCUT2D eigenvalue weighted by atomic mass is 19.4. The van der Waals surface area contributed by atoms with Crippen LogP contribution in [-0.2, 0) is 6.18 Å². The third-order valence-electron chi connectivity index (χ3n) is 1.63. The number of phenols is 1. The van der Waals surface area contributed by atoms with E-state index in [4.69, 9.17) is 15.2 Å². The third-order valence-corrected chi connectivity index (χ3v) is 1.63. The van der Waals surface area contributed by atoms with Crippen molar-refractivity contribution in [2.24, 2.45) is 0 Å². The first-order valence-electron chi connectivity index (χ1n) is 3.58. The van der Waals surface area contributed by atoms with Crippen molar-refractivity contribution in [3.8, 4) is 5.75 Å². The van der Waals surface area contributed by atoms with E-state index in [-0.39, 0.29) is 5.46 Å². The first-order valence-corrected chi connectivity index (χ1v) is 3.58. The Balaban J connectivity index is 3.15. The monoisotopic (exact) mass is 206 g/mol. The minimum atomic E-state index is -4.65. The lowest BCUT2D eigenvalue weighted by Gasteiger charge is -2.09. The molecule has 0 aromatic heterocycles. The van der Waals surface area contributed by atoms with Gasteiger partial charge in [0.25, 0.3) is 0 Å². The summed E-state index contributed by atoms with van der Waals surface area (Å²) < 4.78 is 36.3. The Labute approximate surface area is 77.6 Å². The van der Waals surface area contributed by atoms with Crippen molar-refractivity contribution in [3.63, 3.8) is 0 Å². The van der Waals surface area contributed by atoms with Crippen LogP contribution in [0, 0.1) is 0 Å². The average Bonchev–Trinajstić information content (AvgIpc) is 2.01. The Kier molecular flexibility index (Phi) is 2.72. The van der Waals surface area contributed by atoms with Gasteiger partial charge in [0.05, 0.1) is 5.56 Å². The predicted molar refractivity (Wildman–Crippen MR) is 42.9 cm³/mol. The molecule has 1 aromatic carbocycles. The van der Waals surface area contributed by atoms with Gasteiger partial charge in [0.1, 0.15) is 5.75 Å². The summed E-state index contributed by atoms with van der Waals surface area (Å²) in [6.07, 6.45) is -4.65. The normalized spacial score (nSPS) is 11.5. The standard InChI is InChI=1S/C7H6BF3O3/c9-7(10,11)5-2-1-4(8(13)14)3-6(5)12/h1-3,12-14H. The van der Waals surface area contributed by atoms with Crippen LogP contribution in [0.25, 0.3) is 0 Å². The van der Waals surface area contributed by atoms with Gasteiger partial charge in [-0.3, -0.25) is 0 Å². The molecule has 0 aliphatic rings. The topological polar surface area (TPSA) is 60.7 Å². The fourth-order valence-corrected chi connectivity index (χ4v) is 0.949. The van der Waals surface area contributed by atoms with Gasteiger partial charge in [-0.25, -0.2) is 0 Å². The van der Waals surface area contributed by atoms with E-state index in [0.29, 0.717) is 12.1 Å². The molecule has 1 aromatic rings. The van der Waals surface area contributed by atoms with Crippen molar-refractivity contribution in [2.75, 3.05) is 0 Å². The molecule has 0 saturated carbocycles. The van der Waals surface area contributed by atoms with E-state index in [1.807, 2.05) is 0 Å². The van der Waals surface area contributed by atoms with Crippen LogP contribution in [0.5, 0.6) is 5.75 Å². The number of rotatable bonds is 1. The number of hydrogen-bond acceptors (Lipinski definition) is 3. The zero-order valence-corrected chi connectivity index (χ0v) is 6.78. The molecule has 0 fully saturated rings. The third kappa shape index (κ3) is 2.18. The summed E-state index contributed by atoms with van der Waals surface area (Å²) in [6.45, 7) is 0. The highest BCUT2D eigenvalue weighted by Crippen LogP contribution is 2.34. The number of alkyl halides is 3. The minimum absolute atomic E-state index is 0.199. The maximum absolute atomic E-state index is 12.1. The van der Waals surface area contributed by atoms with Crippen molar-refractivity contribution < 1.29 is 28.3 Å². The van der Waals surface area contributed by atoms with Crippen LogP contribution in [-0.4, -0.2) is 22.3 Å². The Morgan fingerprint density at radius 1 is 1.14 bits per heavy atom. The van der Waals surface area contributed by atoms with Crippen molar-refractivity contribution >= 4 is 12.6 Å². The number of halogens is 3. The van der Waals surface area contributed by atoms with Gasteiger partial charge in [-0.2, -0.15) is 13.2 Å². The Bertz CT molecular complexity index is 337. The van der Waals surface area contributed by atoms with Crippen molar-refractivity contribution in [3.05, 3.63) is 23.8 Å². The lowest BCUT2D eigenvalue weighted by atomic mass is 9.80. The quantitative estimate of drug-likeness (QED) is 0.570. The summed E-state index contributed by atoms with van der Waals surface area (Å²) in [5, 5.41) is 26.1. The van der Waals surface area contributed by atoms with Gasteiger partial charge >= 0.3 is 13.3 Å². The first-order chi connectivity index (χ1) is 6.32. The van der Waals surface area contributed by atoms with Crippen LogP contribution in [0.2, 0.25) is 0 Å². The van der Waals surface area contributed by atoms with E-state index in [9.17, 15) is 13.2 Å². The molecule has 0 bridgehead atoms. The van der Waals surface area contributed by atoms with Gasteiger partial charge in [0, 0.05) is 0 Å². The fraction of sp³-hybridized carbons (Fsp3) is 0.143. The molecule has 0 radical (unpaired) electrons. The molecule has 3 N–H and O–H groups in total. The maximum Gasteiger partial charge on any atom is 0.488 e. The number of phenolic OH excluding ortho intramolecular Hbond substituents is 1. The van der Waals surface area contributed by atoms with E-state index >= 15 is 0 Å². The second-order valence-corrected chi connectivity index (χ2v) is 2.65. The maximum atomic E-state index is 12.1. The summed E-state index contributed by atoms with van der Waals surface area (Å²) in [7, 11) is -1.90. The van der Waals surface area contributed by atoms with Crippen molar-refractivity contribution in [1.82, 2.24) is 0 Å². The lowest BCUT2D eigenvalue weighted by Crippen LogP contribution is -2.29. The smallest absolute Gasteiger partial charge is 0.488 e. The molecule has 0 amide bonds. The molecule has 0 aliphatic carbocycles. The molecule has 3 nitrogen and oxygen atoms in total. The van der Waals surface area contributed by atoms with Crippen LogP contribution >= 0.6 is 0 Å². The average molecular weight is 206 g/mol. The Hall–Kier alpha value is -1.21. The molecule has 0 heterocycles. The summed E-state index contributed by atoms with van der Waals surface area (Å²) >= 11 is 0. The first kappa shape index (κ1) is 10.9. The van der Waals surface area contributed by atoms with Crippen LogP contribution in [0.3, 0.4) is 0 Å². The fourth-order valence-electron chi connectivity index (χ4n) is 0.949. The number of aromatic hydroxyl groups is 1. The van der Waals surface area contributed by atoms with E-state index < -0.39 is 24.6 Å². The molecule has 0 atom stereocenters. The van der Waals surface area contributed by atoms with Crippen LogP contribution in [0.1, 0.15) is 5.56 Å². The predicted octanol–water partition coefficient (Wildman–Crippen LogP) is 0.0908. The molecular formula is C7H6BF3O3. The molecule has 76 valence electrons. The molecule has 0 saturated heterocycles. The number of benzene rings is 1. The second-order valence-electron chi connectivity index (χ2n) is 2.65. The Morgan fingerprint density at radius 2 is 1.71 bits per heavy atom. The van der Waals surface area contributed by atoms with Gasteiger partial charge in [-0.15, -0.1) is 0 Å². The molecule has 14 heavy (non-hydrogen) atoms. The molecule has 0 spiro atoms. The second kappa shape index (κ2) is 3.51.